The summed E-state index contributed by atoms with van der Waals surface area (Å²) in [5.41, 5.74) is 1.56. The number of β-amino-alcohol motifs (C(OH)–C–C–N with tert-alkyl or cyclic N) is 1. The maximum absolute atomic E-state index is 8.39. The van der Waals surface area contributed by atoms with Crippen molar-refractivity contribution in [1.29, 1.82) is 0 Å². The van der Waals surface area contributed by atoms with Crippen LogP contribution in [-0.4, -0.2) is 50.1 Å². The van der Waals surface area contributed by atoms with Crippen LogP contribution in [0.2, 0.25) is 0 Å². The second kappa shape index (κ2) is 10.3. The third-order valence-corrected chi connectivity index (χ3v) is 2.61. The van der Waals surface area contributed by atoms with Crippen LogP contribution in [0.5, 0.6) is 0 Å². The highest BCUT2D eigenvalue weighted by atomic mass is 16.5. The highest BCUT2D eigenvalue weighted by molar-refractivity contribution is 4.79. The molecule has 0 aromatic heterocycles. The van der Waals surface area contributed by atoms with Crippen LogP contribution in [0.25, 0.3) is 0 Å². The van der Waals surface area contributed by atoms with E-state index in [-0.39, 0.29) is 6.10 Å². The van der Waals surface area contributed by atoms with Crippen LogP contribution in [0.4, 0.5) is 0 Å². The second-order valence-electron chi connectivity index (χ2n) is 7.02. The Balaban J connectivity index is 0.000000331. The molecule has 0 aliphatic carbocycles. The Morgan fingerprint density at radius 2 is 1.85 bits per heavy atom. The molecule has 120 valence electrons. The zero-order chi connectivity index (χ0) is 15.6. The fourth-order valence-corrected chi connectivity index (χ4v) is 1.42. The maximum Gasteiger partial charge on any atom is 0.0788 e. The molecule has 0 aromatic carbocycles. The van der Waals surface area contributed by atoms with E-state index in [1.54, 1.807) is 0 Å². The van der Waals surface area contributed by atoms with E-state index < -0.39 is 0 Å². The van der Waals surface area contributed by atoms with Crippen molar-refractivity contribution in [2.24, 2.45) is 5.41 Å². The molecule has 2 fully saturated rings. The van der Waals surface area contributed by atoms with Gasteiger partial charge in [0.1, 0.15) is 0 Å². The van der Waals surface area contributed by atoms with Gasteiger partial charge < -0.3 is 20.5 Å². The number of ether oxygens (including phenoxy) is 1. The number of rotatable bonds is 2. The molecule has 0 radical (unpaired) electrons. The molecule has 0 aromatic rings. The van der Waals surface area contributed by atoms with Gasteiger partial charge in [0.05, 0.1) is 12.7 Å². The molecule has 2 aliphatic rings. The van der Waals surface area contributed by atoms with E-state index in [1.165, 1.54) is 12.0 Å². The molecule has 2 heterocycles. The van der Waals surface area contributed by atoms with Crippen molar-refractivity contribution < 1.29 is 9.84 Å². The smallest absolute Gasteiger partial charge is 0.0788 e. The summed E-state index contributed by atoms with van der Waals surface area (Å²) in [5.74, 6) is 0. The number of aliphatic hydroxyl groups excluding tert-OH is 1. The third-order valence-electron chi connectivity index (χ3n) is 2.61. The molecule has 0 spiro atoms. The monoisotopic (exact) mass is 286 g/mol. The second-order valence-corrected chi connectivity index (χ2v) is 7.02. The summed E-state index contributed by atoms with van der Waals surface area (Å²) in [4.78, 5) is 0. The van der Waals surface area contributed by atoms with E-state index in [0.717, 1.165) is 32.8 Å². The molecule has 4 nitrogen and oxygen atoms in total. The molecule has 2 rings (SSSR count). The lowest BCUT2D eigenvalue weighted by atomic mass is 9.96. The first-order chi connectivity index (χ1) is 9.20. The van der Waals surface area contributed by atoms with Gasteiger partial charge in [0.25, 0.3) is 0 Å². The first-order valence-electron chi connectivity index (χ1n) is 7.52. The molecule has 2 saturated heterocycles. The van der Waals surface area contributed by atoms with Gasteiger partial charge in [0.2, 0.25) is 0 Å². The molecular weight excluding hydrogens is 252 g/mol. The van der Waals surface area contributed by atoms with Gasteiger partial charge >= 0.3 is 0 Å². The SMILES string of the molecule is C=C(C)C.CC(C)(C)CNC1CCOC1.OC1CNC1. The van der Waals surface area contributed by atoms with E-state index in [9.17, 15) is 0 Å². The average molecular weight is 286 g/mol. The topological polar surface area (TPSA) is 53.5 Å². The molecule has 0 saturated carbocycles. The van der Waals surface area contributed by atoms with Crippen molar-refractivity contribution >= 4 is 0 Å². The molecule has 0 bridgehead atoms. The first-order valence-corrected chi connectivity index (χ1v) is 7.52. The molecular formula is C16H34N2O2. The Hall–Kier alpha value is -0.420. The van der Waals surface area contributed by atoms with Gasteiger partial charge in [-0.3, -0.25) is 0 Å². The van der Waals surface area contributed by atoms with Crippen LogP contribution in [0.1, 0.15) is 41.0 Å². The van der Waals surface area contributed by atoms with Crippen molar-refractivity contribution in [1.82, 2.24) is 10.6 Å². The largest absolute Gasteiger partial charge is 0.390 e. The highest BCUT2D eigenvalue weighted by Crippen LogP contribution is 2.12. The van der Waals surface area contributed by atoms with Gasteiger partial charge in [-0.15, -0.1) is 6.58 Å². The fourth-order valence-electron chi connectivity index (χ4n) is 1.42. The number of allylic oxidation sites excluding steroid dienone is 1. The third kappa shape index (κ3) is 14.0. The Bertz CT molecular complexity index is 248. The fraction of sp³-hybridized carbons (Fsp3) is 0.875. The molecule has 3 N–H and O–H groups in total. The summed E-state index contributed by atoms with van der Waals surface area (Å²) in [6, 6.07) is 0.606. The van der Waals surface area contributed by atoms with E-state index in [0.29, 0.717) is 11.5 Å². The van der Waals surface area contributed by atoms with Crippen LogP contribution < -0.4 is 10.6 Å². The Morgan fingerprint density at radius 3 is 2.10 bits per heavy atom. The summed E-state index contributed by atoms with van der Waals surface area (Å²) >= 11 is 0. The minimum absolute atomic E-state index is 0.0463. The minimum atomic E-state index is -0.0463. The highest BCUT2D eigenvalue weighted by Gasteiger charge is 2.17. The van der Waals surface area contributed by atoms with Gasteiger partial charge in [-0.1, -0.05) is 26.3 Å². The van der Waals surface area contributed by atoms with E-state index >= 15 is 0 Å². The zero-order valence-corrected chi connectivity index (χ0v) is 14.0. The lowest BCUT2D eigenvalue weighted by molar-refractivity contribution is 0.117. The summed E-state index contributed by atoms with van der Waals surface area (Å²) in [7, 11) is 0. The van der Waals surface area contributed by atoms with Crippen LogP contribution in [0.3, 0.4) is 0 Å². The molecule has 1 atom stereocenters. The first kappa shape index (κ1) is 19.6. The Labute approximate surface area is 125 Å². The lowest BCUT2D eigenvalue weighted by Gasteiger charge is -2.21. The number of hydrogen-bond acceptors (Lipinski definition) is 4. The van der Waals surface area contributed by atoms with E-state index in [4.69, 9.17) is 9.84 Å². The molecule has 1 unspecified atom stereocenters. The van der Waals surface area contributed by atoms with E-state index in [2.05, 4.69) is 38.0 Å². The van der Waals surface area contributed by atoms with Gasteiger partial charge in [0.15, 0.2) is 0 Å². The summed E-state index contributed by atoms with van der Waals surface area (Å²) < 4.78 is 5.26. The predicted molar refractivity (Wildman–Crippen MR) is 86.0 cm³/mol. The minimum Gasteiger partial charge on any atom is -0.390 e. The maximum atomic E-state index is 8.39. The predicted octanol–water partition coefficient (Wildman–Crippen LogP) is 1.94. The van der Waals surface area contributed by atoms with Gasteiger partial charge in [-0.25, -0.2) is 0 Å². The van der Waals surface area contributed by atoms with Gasteiger partial charge in [-0.05, 0) is 25.7 Å². The number of aliphatic hydroxyl groups is 1. The van der Waals surface area contributed by atoms with Gasteiger partial charge in [-0.2, -0.15) is 0 Å². The van der Waals surface area contributed by atoms with E-state index in [1.807, 2.05) is 13.8 Å². The molecule has 0 amide bonds. The normalized spacial score (nSPS) is 22.0. The van der Waals surface area contributed by atoms with Crippen LogP contribution in [0.15, 0.2) is 12.2 Å². The zero-order valence-electron chi connectivity index (χ0n) is 14.0. The summed E-state index contributed by atoms with van der Waals surface area (Å²) in [6.45, 7) is 18.7. The van der Waals surface area contributed by atoms with Crippen molar-refractivity contribution in [3.05, 3.63) is 12.2 Å². The number of nitrogens with one attached hydrogen (secondary N) is 2. The Morgan fingerprint density at radius 1 is 1.35 bits per heavy atom. The molecule has 2 aliphatic heterocycles. The van der Waals surface area contributed by atoms with Crippen LogP contribution in [0, 0.1) is 5.41 Å². The number of hydrogen-bond donors (Lipinski definition) is 3. The van der Waals surface area contributed by atoms with Crippen LogP contribution >= 0.6 is 0 Å². The van der Waals surface area contributed by atoms with Crippen molar-refractivity contribution in [3.63, 3.8) is 0 Å². The molecule has 20 heavy (non-hydrogen) atoms. The van der Waals surface area contributed by atoms with Gasteiger partial charge in [0, 0.05) is 32.3 Å². The van der Waals surface area contributed by atoms with Crippen LogP contribution in [-0.2, 0) is 4.74 Å². The van der Waals surface area contributed by atoms with Crippen molar-refractivity contribution in [2.75, 3.05) is 32.8 Å². The van der Waals surface area contributed by atoms with Crippen molar-refractivity contribution in [2.45, 2.75) is 53.2 Å². The standard InChI is InChI=1S/C9H19NO.C4H8.C3H7NO/c1-9(2,3)7-10-8-4-5-11-6-8;1-4(2)3;5-3-1-4-2-3/h8,10H,4-7H2,1-3H3;1H2,2-3H3;3-5H,1-2H2. The molecule has 4 heteroatoms. The summed E-state index contributed by atoms with van der Waals surface area (Å²) in [6.07, 6.45) is 1.13. The quantitative estimate of drug-likeness (QED) is 0.679. The lowest BCUT2D eigenvalue weighted by Crippen LogP contribution is -2.46. The Kier molecular flexibility index (Phi) is 10.1. The van der Waals surface area contributed by atoms with Crippen molar-refractivity contribution in [3.8, 4) is 0 Å². The summed E-state index contributed by atoms with van der Waals surface area (Å²) in [5, 5.41) is 14.8. The average Bonchev–Trinajstić information content (AvgIpc) is 2.75.